The molecule has 0 radical (unpaired) electrons. The van der Waals surface area contributed by atoms with E-state index < -0.39 is 60.8 Å². The maximum absolute atomic E-state index is 12.5. The number of carbonyl (C=O) groups is 5. The molecule has 0 fully saturated rings. The van der Waals surface area contributed by atoms with E-state index in [1.54, 1.807) is 0 Å². The summed E-state index contributed by atoms with van der Waals surface area (Å²) < 4.78 is 0. The molecule has 0 bridgehead atoms. The van der Waals surface area contributed by atoms with Gasteiger partial charge in [-0.2, -0.15) is 12.6 Å². The average molecular weight is 456 g/mol. The van der Waals surface area contributed by atoms with Crippen molar-refractivity contribution < 1.29 is 39.3 Å². The largest absolute Gasteiger partial charge is 0.508 e. The van der Waals surface area contributed by atoms with Crippen LogP contribution in [0.5, 0.6) is 5.75 Å². The molecule has 3 atom stereocenters. The Labute approximate surface area is 182 Å². The van der Waals surface area contributed by atoms with Crippen molar-refractivity contribution in [2.24, 2.45) is 5.73 Å². The van der Waals surface area contributed by atoms with Crippen molar-refractivity contribution in [3.05, 3.63) is 29.8 Å². The zero-order valence-corrected chi connectivity index (χ0v) is 17.2. The van der Waals surface area contributed by atoms with Crippen LogP contribution in [0.4, 0.5) is 0 Å². The predicted octanol–water partition coefficient (Wildman–Crippen LogP) is -2.16. The van der Waals surface area contributed by atoms with Crippen molar-refractivity contribution in [1.82, 2.24) is 16.0 Å². The number of nitrogens with one attached hydrogen (secondary N) is 3. The van der Waals surface area contributed by atoms with Crippen LogP contribution in [-0.2, 0) is 30.4 Å². The summed E-state index contributed by atoms with van der Waals surface area (Å²) in [6.07, 6.45) is -0.699. The van der Waals surface area contributed by atoms with Crippen LogP contribution in [0, 0.1) is 0 Å². The molecule has 0 saturated carbocycles. The summed E-state index contributed by atoms with van der Waals surface area (Å²) in [5.74, 6) is -5.20. The van der Waals surface area contributed by atoms with Gasteiger partial charge in [-0.1, -0.05) is 12.1 Å². The highest BCUT2D eigenvalue weighted by Gasteiger charge is 2.26. The van der Waals surface area contributed by atoms with E-state index >= 15 is 0 Å². The first-order valence-electron chi connectivity index (χ1n) is 8.99. The van der Waals surface area contributed by atoms with E-state index in [0.29, 0.717) is 5.56 Å². The van der Waals surface area contributed by atoms with Gasteiger partial charge in [-0.25, -0.2) is 4.79 Å². The maximum Gasteiger partial charge on any atom is 0.327 e. The number of hydrogen-bond acceptors (Lipinski definition) is 8. The van der Waals surface area contributed by atoms with Crippen LogP contribution in [0.2, 0.25) is 0 Å². The van der Waals surface area contributed by atoms with E-state index in [1.165, 1.54) is 24.3 Å². The van der Waals surface area contributed by atoms with Gasteiger partial charge < -0.3 is 37.0 Å². The molecule has 0 aliphatic heterocycles. The number of amides is 3. The van der Waals surface area contributed by atoms with Gasteiger partial charge in [-0.3, -0.25) is 19.2 Å². The van der Waals surface area contributed by atoms with Crippen molar-refractivity contribution in [2.75, 3.05) is 12.3 Å². The lowest BCUT2D eigenvalue weighted by Gasteiger charge is -2.21. The first kappa shape index (κ1) is 25.7. The van der Waals surface area contributed by atoms with Crippen molar-refractivity contribution in [3.63, 3.8) is 0 Å². The lowest BCUT2D eigenvalue weighted by Crippen LogP contribution is -2.54. The minimum absolute atomic E-state index is 0.00823. The van der Waals surface area contributed by atoms with Crippen molar-refractivity contribution in [1.29, 1.82) is 0 Å². The van der Waals surface area contributed by atoms with E-state index in [9.17, 15) is 29.1 Å². The van der Waals surface area contributed by atoms with Crippen LogP contribution in [0.25, 0.3) is 0 Å². The van der Waals surface area contributed by atoms with Gasteiger partial charge in [-0.15, -0.1) is 0 Å². The Hall–Kier alpha value is -3.32. The first-order valence-corrected chi connectivity index (χ1v) is 9.63. The van der Waals surface area contributed by atoms with Gasteiger partial charge in [0.2, 0.25) is 17.7 Å². The minimum atomic E-state index is -1.40. The predicted molar refractivity (Wildman–Crippen MR) is 110 cm³/mol. The summed E-state index contributed by atoms with van der Waals surface area (Å²) in [4.78, 5) is 58.2. The smallest absolute Gasteiger partial charge is 0.327 e. The fraction of sp³-hybridized carbons (Fsp3) is 0.389. The number of nitrogens with two attached hydrogens (primary N) is 1. The highest BCUT2D eigenvalue weighted by Crippen LogP contribution is 2.11. The summed E-state index contributed by atoms with van der Waals surface area (Å²) in [6, 6.07) is 1.91. The Kier molecular flexibility index (Phi) is 10.3. The minimum Gasteiger partial charge on any atom is -0.508 e. The van der Waals surface area contributed by atoms with Crippen molar-refractivity contribution >= 4 is 42.3 Å². The van der Waals surface area contributed by atoms with E-state index in [-0.39, 0.29) is 17.9 Å². The third-order valence-electron chi connectivity index (χ3n) is 3.98. The monoisotopic (exact) mass is 456 g/mol. The summed E-state index contributed by atoms with van der Waals surface area (Å²) >= 11 is 3.81. The van der Waals surface area contributed by atoms with Gasteiger partial charge in [0.25, 0.3) is 0 Å². The van der Waals surface area contributed by atoms with Crippen LogP contribution in [0.15, 0.2) is 24.3 Å². The van der Waals surface area contributed by atoms with Crippen molar-refractivity contribution in [3.8, 4) is 5.75 Å². The zero-order valence-electron chi connectivity index (χ0n) is 16.3. The number of thiol groups is 1. The number of phenols is 1. The summed E-state index contributed by atoms with van der Waals surface area (Å²) in [5, 5.41) is 33.8. The Morgan fingerprint density at radius 3 is 2.10 bits per heavy atom. The SMILES string of the molecule is NC(CC(=O)O)C(=O)NC(Cc1ccc(O)cc1)C(=O)NCC(=O)NC(CS)C(=O)O. The summed E-state index contributed by atoms with van der Waals surface area (Å²) in [5.41, 5.74) is 6.07. The van der Waals surface area contributed by atoms with Gasteiger partial charge in [0.1, 0.15) is 17.8 Å². The van der Waals surface area contributed by atoms with E-state index in [2.05, 4.69) is 28.6 Å². The number of hydrogen-bond donors (Lipinski definition) is 8. The third-order valence-corrected chi connectivity index (χ3v) is 4.34. The Morgan fingerprint density at radius 1 is 0.968 bits per heavy atom. The van der Waals surface area contributed by atoms with Crippen LogP contribution in [0.3, 0.4) is 0 Å². The molecule has 3 amide bonds. The number of rotatable bonds is 12. The topological polar surface area (TPSA) is 208 Å². The second kappa shape index (κ2) is 12.4. The summed E-state index contributed by atoms with van der Waals surface area (Å²) in [7, 11) is 0. The van der Waals surface area contributed by atoms with Crippen LogP contribution in [-0.4, -0.2) is 75.4 Å². The number of carboxylic acid groups (broad SMARTS) is 2. The second-order valence-corrected chi connectivity index (χ2v) is 6.86. The van der Waals surface area contributed by atoms with E-state index in [1.807, 2.05) is 0 Å². The number of carboxylic acids is 2. The Balaban J connectivity index is 2.83. The van der Waals surface area contributed by atoms with E-state index in [4.69, 9.17) is 15.9 Å². The number of aromatic hydroxyl groups is 1. The lowest BCUT2D eigenvalue weighted by atomic mass is 10.0. The average Bonchev–Trinajstić information content (AvgIpc) is 2.70. The molecule has 0 saturated heterocycles. The van der Waals surface area contributed by atoms with Crippen LogP contribution >= 0.6 is 12.6 Å². The van der Waals surface area contributed by atoms with Gasteiger partial charge in [0, 0.05) is 12.2 Å². The Bertz CT molecular complexity index is 817. The summed E-state index contributed by atoms with van der Waals surface area (Å²) in [6.45, 7) is -0.570. The fourth-order valence-corrected chi connectivity index (χ4v) is 2.61. The van der Waals surface area contributed by atoms with Gasteiger partial charge >= 0.3 is 11.9 Å². The van der Waals surface area contributed by atoms with Crippen LogP contribution < -0.4 is 21.7 Å². The Morgan fingerprint density at radius 2 is 1.58 bits per heavy atom. The molecule has 13 heteroatoms. The maximum atomic E-state index is 12.5. The molecule has 0 aromatic heterocycles. The second-order valence-electron chi connectivity index (χ2n) is 6.49. The third kappa shape index (κ3) is 9.35. The van der Waals surface area contributed by atoms with Gasteiger partial charge in [-0.05, 0) is 17.7 Å². The first-order chi connectivity index (χ1) is 14.5. The molecule has 1 aromatic carbocycles. The molecule has 31 heavy (non-hydrogen) atoms. The molecule has 0 aliphatic rings. The highest BCUT2D eigenvalue weighted by molar-refractivity contribution is 7.80. The fourth-order valence-electron chi connectivity index (χ4n) is 2.36. The molecule has 0 aliphatic carbocycles. The standard InChI is InChI=1S/C18H24N4O8S/c19-11(6-15(25)26)16(27)22-12(5-9-1-3-10(23)4-2-9)17(28)20-7-14(24)21-13(8-31)18(29)30/h1-4,11-13,23,31H,5-8,19H2,(H,20,28)(H,21,24)(H,22,27)(H,25,26)(H,29,30). The van der Waals surface area contributed by atoms with Gasteiger partial charge in [0.05, 0.1) is 19.0 Å². The molecule has 12 nitrogen and oxygen atoms in total. The zero-order chi connectivity index (χ0) is 23.6. The number of carbonyl (C=O) groups excluding carboxylic acids is 3. The van der Waals surface area contributed by atoms with Gasteiger partial charge in [0.15, 0.2) is 0 Å². The molecular formula is C18H24N4O8S. The number of aliphatic carboxylic acids is 2. The van der Waals surface area contributed by atoms with Crippen molar-refractivity contribution in [2.45, 2.75) is 31.0 Å². The van der Waals surface area contributed by atoms with E-state index in [0.717, 1.165) is 0 Å². The number of phenolic OH excluding ortho intramolecular Hbond substituents is 1. The molecule has 8 N–H and O–H groups in total. The quantitative estimate of drug-likeness (QED) is 0.161. The van der Waals surface area contributed by atoms with Crippen LogP contribution in [0.1, 0.15) is 12.0 Å². The molecular weight excluding hydrogens is 432 g/mol. The molecule has 170 valence electrons. The molecule has 1 aromatic rings. The number of benzene rings is 1. The lowest BCUT2D eigenvalue weighted by molar-refractivity contribution is -0.141. The highest BCUT2D eigenvalue weighted by atomic mass is 32.1. The normalized spacial score (nSPS) is 13.4. The molecule has 3 unspecified atom stereocenters. The molecule has 0 heterocycles. The molecule has 0 spiro atoms. The molecule has 1 rings (SSSR count).